The zero-order valence-corrected chi connectivity index (χ0v) is 13.7. The molecule has 0 spiro atoms. The van der Waals surface area contributed by atoms with Crippen molar-refractivity contribution in [3.8, 4) is 11.5 Å². The average molecular weight is 322 g/mol. The highest BCUT2D eigenvalue weighted by molar-refractivity contribution is 7.99. The number of aromatic nitrogens is 3. The number of nitrogens with one attached hydrogen (secondary N) is 1. The lowest BCUT2D eigenvalue weighted by molar-refractivity contribution is -0.113. The van der Waals surface area contributed by atoms with Crippen molar-refractivity contribution >= 4 is 23.4 Å². The first-order valence-corrected chi connectivity index (χ1v) is 7.54. The Hall–Kier alpha value is -2.22. The SMILES string of the molecule is COc1ccc(OC)c(NC(=O)CSc2nnc(C)n2C)c1. The summed E-state index contributed by atoms with van der Waals surface area (Å²) in [6, 6.07) is 5.23. The van der Waals surface area contributed by atoms with Gasteiger partial charge in [-0.25, -0.2) is 0 Å². The second kappa shape index (κ2) is 7.17. The molecule has 0 aliphatic rings. The third-order valence-electron chi connectivity index (χ3n) is 3.07. The zero-order chi connectivity index (χ0) is 16.1. The Kier molecular flexibility index (Phi) is 5.26. The van der Waals surface area contributed by atoms with Gasteiger partial charge in [0.05, 0.1) is 25.7 Å². The number of benzene rings is 1. The summed E-state index contributed by atoms with van der Waals surface area (Å²) in [6.45, 7) is 1.86. The van der Waals surface area contributed by atoms with Crippen molar-refractivity contribution in [2.24, 2.45) is 7.05 Å². The van der Waals surface area contributed by atoms with E-state index in [9.17, 15) is 4.79 Å². The van der Waals surface area contributed by atoms with Gasteiger partial charge in [0.15, 0.2) is 5.16 Å². The molecule has 1 N–H and O–H groups in total. The lowest BCUT2D eigenvalue weighted by atomic mass is 10.2. The minimum absolute atomic E-state index is 0.155. The van der Waals surface area contributed by atoms with Gasteiger partial charge in [0.2, 0.25) is 5.91 Å². The van der Waals surface area contributed by atoms with Crippen LogP contribution >= 0.6 is 11.8 Å². The van der Waals surface area contributed by atoms with Crippen LogP contribution in [0.5, 0.6) is 11.5 Å². The van der Waals surface area contributed by atoms with Crippen molar-refractivity contribution in [3.63, 3.8) is 0 Å². The maximum atomic E-state index is 12.1. The maximum Gasteiger partial charge on any atom is 0.234 e. The molecule has 0 aliphatic heterocycles. The van der Waals surface area contributed by atoms with E-state index in [0.717, 1.165) is 5.82 Å². The highest BCUT2D eigenvalue weighted by atomic mass is 32.2. The fourth-order valence-electron chi connectivity index (χ4n) is 1.74. The van der Waals surface area contributed by atoms with Crippen LogP contribution in [0.15, 0.2) is 23.4 Å². The van der Waals surface area contributed by atoms with Gasteiger partial charge in [-0.2, -0.15) is 0 Å². The molecule has 0 aliphatic carbocycles. The molecule has 0 radical (unpaired) electrons. The summed E-state index contributed by atoms with van der Waals surface area (Å²) in [6.07, 6.45) is 0. The van der Waals surface area contributed by atoms with Gasteiger partial charge in [-0.3, -0.25) is 4.79 Å². The second-order valence-corrected chi connectivity index (χ2v) is 5.43. The smallest absolute Gasteiger partial charge is 0.234 e. The van der Waals surface area contributed by atoms with Gasteiger partial charge in [-0.15, -0.1) is 10.2 Å². The molecule has 0 saturated heterocycles. The first-order valence-electron chi connectivity index (χ1n) is 6.55. The van der Waals surface area contributed by atoms with E-state index < -0.39 is 0 Å². The first kappa shape index (κ1) is 16.2. The summed E-state index contributed by atoms with van der Waals surface area (Å²) in [4.78, 5) is 12.1. The number of amides is 1. The van der Waals surface area contributed by atoms with Crippen molar-refractivity contribution in [1.29, 1.82) is 0 Å². The largest absolute Gasteiger partial charge is 0.497 e. The summed E-state index contributed by atoms with van der Waals surface area (Å²) in [5, 5.41) is 11.5. The van der Waals surface area contributed by atoms with E-state index in [1.54, 1.807) is 32.4 Å². The molecule has 2 aromatic rings. The number of carbonyl (C=O) groups is 1. The molecule has 22 heavy (non-hydrogen) atoms. The summed E-state index contributed by atoms with van der Waals surface area (Å²) < 4.78 is 12.2. The number of aryl methyl sites for hydroxylation is 1. The van der Waals surface area contributed by atoms with Crippen LogP contribution in [0, 0.1) is 6.92 Å². The number of ether oxygens (including phenoxy) is 2. The standard InChI is InChI=1S/C14H18N4O3S/c1-9-16-17-14(18(9)2)22-8-13(19)15-11-7-10(20-3)5-6-12(11)21-4/h5-7H,8H2,1-4H3,(H,15,19). The Balaban J connectivity index is 2.01. The van der Waals surface area contributed by atoms with Crippen LogP contribution in [-0.4, -0.2) is 40.6 Å². The van der Waals surface area contributed by atoms with E-state index in [2.05, 4.69) is 15.5 Å². The fraction of sp³-hybridized carbons (Fsp3) is 0.357. The van der Waals surface area contributed by atoms with Gasteiger partial charge in [0.1, 0.15) is 17.3 Å². The van der Waals surface area contributed by atoms with E-state index in [1.165, 1.54) is 11.8 Å². The predicted molar refractivity (Wildman–Crippen MR) is 84.6 cm³/mol. The summed E-state index contributed by atoms with van der Waals surface area (Å²) in [5.74, 6) is 2.10. The number of thioether (sulfide) groups is 1. The Bertz CT molecular complexity index is 672. The molecule has 1 aromatic carbocycles. The van der Waals surface area contributed by atoms with Gasteiger partial charge < -0.3 is 19.4 Å². The van der Waals surface area contributed by atoms with E-state index in [1.807, 2.05) is 18.5 Å². The minimum Gasteiger partial charge on any atom is -0.497 e. The molecule has 0 unspecified atom stereocenters. The Morgan fingerprint density at radius 3 is 2.68 bits per heavy atom. The Morgan fingerprint density at radius 2 is 2.09 bits per heavy atom. The lowest BCUT2D eigenvalue weighted by Gasteiger charge is -2.11. The fourth-order valence-corrected chi connectivity index (χ4v) is 2.50. The summed E-state index contributed by atoms with van der Waals surface area (Å²) >= 11 is 1.32. The number of anilines is 1. The third-order valence-corrected chi connectivity index (χ3v) is 4.09. The summed E-state index contributed by atoms with van der Waals surface area (Å²) in [7, 11) is 4.98. The molecule has 1 amide bonds. The van der Waals surface area contributed by atoms with Gasteiger partial charge in [0.25, 0.3) is 0 Å². The molecule has 7 nitrogen and oxygen atoms in total. The summed E-state index contributed by atoms with van der Waals surface area (Å²) in [5.41, 5.74) is 0.571. The molecule has 1 heterocycles. The van der Waals surface area contributed by atoms with E-state index in [-0.39, 0.29) is 11.7 Å². The first-order chi connectivity index (χ1) is 10.5. The zero-order valence-electron chi connectivity index (χ0n) is 12.9. The van der Waals surface area contributed by atoms with Crippen LogP contribution in [0.4, 0.5) is 5.69 Å². The molecular weight excluding hydrogens is 304 g/mol. The number of rotatable bonds is 6. The molecule has 118 valence electrons. The molecule has 1 aromatic heterocycles. The van der Waals surface area contributed by atoms with Gasteiger partial charge in [0, 0.05) is 13.1 Å². The monoisotopic (exact) mass is 322 g/mol. The van der Waals surface area contributed by atoms with E-state index in [4.69, 9.17) is 9.47 Å². The van der Waals surface area contributed by atoms with Crippen LogP contribution in [-0.2, 0) is 11.8 Å². The lowest BCUT2D eigenvalue weighted by Crippen LogP contribution is -2.15. The second-order valence-electron chi connectivity index (χ2n) is 4.49. The van der Waals surface area contributed by atoms with Crippen molar-refractivity contribution in [3.05, 3.63) is 24.0 Å². The highest BCUT2D eigenvalue weighted by Crippen LogP contribution is 2.29. The van der Waals surface area contributed by atoms with Crippen LogP contribution in [0.2, 0.25) is 0 Å². The maximum absolute atomic E-state index is 12.1. The van der Waals surface area contributed by atoms with Gasteiger partial charge >= 0.3 is 0 Å². The van der Waals surface area contributed by atoms with Crippen molar-refractivity contribution in [1.82, 2.24) is 14.8 Å². The topological polar surface area (TPSA) is 78.3 Å². The number of methoxy groups -OCH3 is 2. The van der Waals surface area contributed by atoms with Crippen molar-refractivity contribution in [2.45, 2.75) is 12.1 Å². The highest BCUT2D eigenvalue weighted by Gasteiger charge is 2.12. The number of nitrogens with zero attached hydrogens (tertiary/aromatic N) is 3. The molecule has 2 rings (SSSR count). The van der Waals surface area contributed by atoms with Crippen molar-refractivity contribution < 1.29 is 14.3 Å². The van der Waals surface area contributed by atoms with Gasteiger partial charge in [-0.1, -0.05) is 11.8 Å². The normalized spacial score (nSPS) is 10.4. The Morgan fingerprint density at radius 1 is 1.32 bits per heavy atom. The molecule has 0 fully saturated rings. The van der Waals surface area contributed by atoms with Crippen molar-refractivity contribution in [2.75, 3.05) is 25.3 Å². The molecular formula is C14H18N4O3S. The predicted octanol–water partition coefficient (Wildman–Crippen LogP) is 1.87. The number of hydrogen-bond acceptors (Lipinski definition) is 6. The van der Waals surface area contributed by atoms with Crippen LogP contribution in [0.3, 0.4) is 0 Å². The van der Waals surface area contributed by atoms with E-state index in [0.29, 0.717) is 22.3 Å². The van der Waals surface area contributed by atoms with Crippen LogP contribution in [0.1, 0.15) is 5.82 Å². The van der Waals surface area contributed by atoms with Gasteiger partial charge in [-0.05, 0) is 19.1 Å². The Labute approximate surface area is 133 Å². The molecule has 0 saturated carbocycles. The minimum atomic E-state index is -0.155. The average Bonchev–Trinajstić information content (AvgIpc) is 2.84. The van der Waals surface area contributed by atoms with E-state index >= 15 is 0 Å². The molecule has 0 bridgehead atoms. The number of hydrogen-bond donors (Lipinski definition) is 1. The molecule has 0 atom stereocenters. The quantitative estimate of drug-likeness (QED) is 0.818. The van der Waals surface area contributed by atoms with Crippen LogP contribution < -0.4 is 14.8 Å². The van der Waals surface area contributed by atoms with Crippen LogP contribution in [0.25, 0.3) is 0 Å². The third kappa shape index (κ3) is 3.70. The number of carbonyl (C=O) groups excluding carboxylic acids is 1. The molecule has 8 heteroatoms.